The van der Waals surface area contributed by atoms with E-state index in [-0.39, 0.29) is 12.1 Å². The van der Waals surface area contributed by atoms with Crippen LogP contribution in [-0.4, -0.2) is 38.6 Å². The molecule has 0 aromatic heterocycles. The molecule has 3 nitrogen and oxygen atoms in total. The van der Waals surface area contributed by atoms with Crippen LogP contribution >= 0.6 is 0 Å². The van der Waals surface area contributed by atoms with E-state index in [2.05, 4.69) is 5.32 Å². The topological polar surface area (TPSA) is 41.3 Å². The van der Waals surface area contributed by atoms with Gasteiger partial charge in [0.05, 0.1) is 5.56 Å². The van der Waals surface area contributed by atoms with Crippen LogP contribution in [0.1, 0.15) is 17.2 Å². The number of nitrogens with one attached hydrogen (secondary N) is 1. The second kappa shape index (κ2) is 6.88. The quantitative estimate of drug-likeness (QED) is 0.832. The summed E-state index contributed by atoms with van der Waals surface area (Å²) in [6.07, 6.45) is -4.35. The standard InChI is InChI=1S/C13H20F3N3/c1-19(2)8-7-18-12(9-17)10-5-3-4-6-11(10)13(14,15)16/h3-6,12,18H,7-9,17H2,1-2H3. The summed E-state index contributed by atoms with van der Waals surface area (Å²) in [6.45, 7) is 1.45. The highest BCUT2D eigenvalue weighted by Gasteiger charge is 2.34. The van der Waals surface area contributed by atoms with Gasteiger partial charge in [-0.1, -0.05) is 18.2 Å². The number of likely N-dealkylation sites (N-methyl/N-ethyl adjacent to an activating group) is 1. The van der Waals surface area contributed by atoms with Gasteiger partial charge in [-0.15, -0.1) is 0 Å². The molecule has 0 aliphatic heterocycles. The van der Waals surface area contributed by atoms with E-state index in [1.54, 1.807) is 6.07 Å². The van der Waals surface area contributed by atoms with Gasteiger partial charge >= 0.3 is 6.18 Å². The van der Waals surface area contributed by atoms with Gasteiger partial charge in [-0.3, -0.25) is 0 Å². The zero-order valence-electron chi connectivity index (χ0n) is 11.2. The average molecular weight is 275 g/mol. The Balaban J connectivity index is 2.86. The lowest BCUT2D eigenvalue weighted by Gasteiger charge is -2.22. The van der Waals surface area contributed by atoms with Gasteiger partial charge in [-0.25, -0.2) is 0 Å². The number of halogens is 3. The third-order valence-corrected chi connectivity index (χ3v) is 2.83. The summed E-state index contributed by atoms with van der Waals surface area (Å²) in [5.74, 6) is 0. The van der Waals surface area contributed by atoms with Gasteiger partial charge in [0.25, 0.3) is 0 Å². The number of nitrogens with zero attached hydrogens (tertiary/aromatic N) is 1. The molecule has 0 heterocycles. The molecular formula is C13H20F3N3. The van der Waals surface area contributed by atoms with Crippen molar-refractivity contribution in [2.45, 2.75) is 12.2 Å². The first-order chi connectivity index (χ1) is 8.86. The van der Waals surface area contributed by atoms with Gasteiger partial charge < -0.3 is 16.0 Å². The molecule has 1 aromatic rings. The molecule has 6 heteroatoms. The number of hydrogen-bond acceptors (Lipinski definition) is 3. The largest absolute Gasteiger partial charge is 0.416 e. The highest BCUT2D eigenvalue weighted by atomic mass is 19.4. The Labute approximate surface area is 111 Å². The van der Waals surface area contributed by atoms with Crippen LogP contribution in [0.15, 0.2) is 24.3 Å². The monoisotopic (exact) mass is 275 g/mol. The maximum absolute atomic E-state index is 12.9. The van der Waals surface area contributed by atoms with E-state index in [4.69, 9.17) is 5.73 Å². The summed E-state index contributed by atoms with van der Waals surface area (Å²) in [7, 11) is 3.81. The Morgan fingerprint density at radius 3 is 2.42 bits per heavy atom. The van der Waals surface area contributed by atoms with Crippen LogP contribution in [0.5, 0.6) is 0 Å². The summed E-state index contributed by atoms with van der Waals surface area (Å²) < 4.78 is 38.8. The molecule has 0 radical (unpaired) electrons. The predicted molar refractivity (Wildman–Crippen MR) is 69.8 cm³/mol. The molecule has 0 saturated heterocycles. The zero-order chi connectivity index (χ0) is 14.5. The van der Waals surface area contributed by atoms with Crippen molar-refractivity contribution in [3.8, 4) is 0 Å². The van der Waals surface area contributed by atoms with Gasteiger partial charge in [-0.05, 0) is 25.7 Å². The molecule has 1 atom stereocenters. The van der Waals surface area contributed by atoms with E-state index in [0.29, 0.717) is 6.54 Å². The smallest absolute Gasteiger partial charge is 0.329 e. The molecular weight excluding hydrogens is 255 g/mol. The first kappa shape index (κ1) is 15.9. The first-order valence-electron chi connectivity index (χ1n) is 6.10. The Hall–Kier alpha value is -1.11. The van der Waals surface area contributed by atoms with Crippen LogP contribution in [0.25, 0.3) is 0 Å². The highest BCUT2D eigenvalue weighted by Crippen LogP contribution is 2.34. The van der Waals surface area contributed by atoms with E-state index in [1.165, 1.54) is 12.1 Å². The Kier molecular flexibility index (Phi) is 5.78. The summed E-state index contributed by atoms with van der Waals surface area (Å²) >= 11 is 0. The van der Waals surface area contributed by atoms with Crippen molar-refractivity contribution >= 4 is 0 Å². The van der Waals surface area contributed by atoms with E-state index < -0.39 is 17.8 Å². The molecule has 0 bridgehead atoms. The van der Waals surface area contributed by atoms with Crippen molar-refractivity contribution in [2.24, 2.45) is 5.73 Å². The fourth-order valence-corrected chi connectivity index (χ4v) is 1.84. The fourth-order valence-electron chi connectivity index (χ4n) is 1.84. The Morgan fingerprint density at radius 1 is 1.26 bits per heavy atom. The third kappa shape index (κ3) is 4.81. The van der Waals surface area contributed by atoms with Gasteiger partial charge in [-0.2, -0.15) is 13.2 Å². The van der Waals surface area contributed by atoms with E-state index >= 15 is 0 Å². The first-order valence-corrected chi connectivity index (χ1v) is 6.10. The fraction of sp³-hybridized carbons (Fsp3) is 0.538. The van der Waals surface area contributed by atoms with E-state index in [0.717, 1.165) is 12.6 Å². The minimum Gasteiger partial charge on any atom is -0.329 e. The third-order valence-electron chi connectivity index (χ3n) is 2.83. The Morgan fingerprint density at radius 2 is 1.89 bits per heavy atom. The number of alkyl halides is 3. The predicted octanol–water partition coefficient (Wildman–Crippen LogP) is 1.86. The van der Waals surface area contributed by atoms with Gasteiger partial charge in [0, 0.05) is 25.7 Å². The summed E-state index contributed by atoms with van der Waals surface area (Å²) in [5.41, 5.74) is 5.17. The van der Waals surface area contributed by atoms with Crippen molar-refractivity contribution in [1.29, 1.82) is 0 Å². The van der Waals surface area contributed by atoms with Crippen LogP contribution in [0.2, 0.25) is 0 Å². The summed E-state index contributed by atoms with van der Waals surface area (Å²) in [6, 6.07) is 5.06. The molecule has 0 amide bonds. The zero-order valence-corrected chi connectivity index (χ0v) is 11.2. The summed E-state index contributed by atoms with van der Waals surface area (Å²) in [4.78, 5) is 1.95. The summed E-state index contributed by atoms with van der Waals surface area (Å²) in [5, 5.41) is 3.06. The molecule has 108 valence electrons. The normalized spacial score (nSPS) is 13.8. The molecule has 0 spiro atoms. The molecule has 3 N–H and O–H groups in total. The van der Waals surface area contributed by atoms with Crippen molar-refractivity contribution in [3.05, 3.63) is 35.4 Å². The SMILES string of the molecule is CN(C)CCNC(CN)c1ccccc1C(F)(F)F. The van der Waals surface area contributed by atoms with Gasteiger partial charge in [0.2, 0.25) is 0 Å². The van der Waals surface area contributed by atoms with Crippen LogP contribution < -0.4 is 11.1 Å². The number of rotatable bonds is 6. The number of nitrogens with two attached hydrogens (primary N) is 1. The van der Waals surface area contributed by atoms with Crippen LogP contribution in [-0.2, 0) is 6.18 Å². The van der Waals surface area contributed by atoms with Crippen molar-refractivity contribution in [2.75, 3.05) is 33.7 Å². The lowest BCUT2D eigenvalue weighted by atomic mass is 10.00. The average Bonchev–Trinajstić information content (AvgIpc) is 2.33. The lowest BCUT2D eigenvalue weighted by Crippen LogP contribution is -2.34. The van der Waals surface area contributed by atoms with Crippen molar-refractivity contribution < 1.29 is 13.2 Å². The lowest BCUT2D eigenvalue weighted by molar-refractivity contribution is -0.138. The molecule has 1 aromatic carbocycles. The van der Waals surface area contributed by atoms with E-state index in [1.807, 2.05) is 19.0 Å². The molecule has 0 saturated carbocycles. The van der Waals surface area contributed by atoms with Crippen LogP contribution in [0.3, 0.4) is 0 Å². The minimum absolute atomic E-state index is 0.126. The maximum atomic E-state index is 12.9. The van der Waals surface area contributed by atoms with Crippen LogP contribution in [0.4, 0.5) is 13.2 Å². The molecule has 0 fully saturated rings. The van der Waals surface area contributed by atoms with Crippen LogP contribution in [0, 0.1) is 0 Å². The van der Waals surface area contributed by atoms with Crippen molar-refractivity contribution in [3.63, 3.8) is 0 Å². The van der Waals surface area contributed by atoms with Crippen molar-refractivity contribution in [1.82, 2.24) is 10.2 Å². The molecule has 19 heavy (non-hydrogen) atoms. The molecule has 1 unspecified atom stereocenters. The molecule has 1 rings (SSSR count). The molecule has 0 aliphatic carbocycles. The Bertz CT molecular complexity index is 391. The highest BCUT2D eigenvalue weighted by molar-refractivity contribution is 5.32. The van der Waals surface area contributed by atoms with E-state index in [9.17, 15) is 13.2 Å². The van der Waals surface area contributed by atoms with Gasteiger partial charge in [0.15, 0.2) is 0 Å². The van der Waals surface area contributed by atoms with Gasteiger partial charge in [0.1, 0.15) is 0 Å². The number of hydrogen-bond donors (Lipinski definition) is 2. The number of benzene rings is 1. The second-order valence-electron chi connectivity index (χ2n) is 4.63. The minimum atomic E-state index is -4.35. The second-order valence-corrected chi connectivity index (χ2v) is 4.63. The maximum Gasteiger partial charge on any atom is 0.416 e. The molecule has 0 aliphatic rings.